The molecule has 1 atom stereocenters. The van der Waals surface area contributed by atoms with Gasteiger partial charge in [-0.15, -0.1) is 0 Å². The number of hydrogen-bond acceptors (Lipinski definition) is 7. The van der Waals surface area contributed by atoms with Crippen molar-refractivity contribution in [3.63, 3.8) is 0 Å². The SMILES string of the molecule is NC(=O)CNC(=O)c1cnc(OCc2ccc(Cl)cc2)nc1N1CC(c2ccccc2)C(c2ccc(Cl)cc2)=N1. The predicted octanol–water partition coefficient (Wildman–Crippen LogP) is 4.59. The molecule has 0 saturated heterocycles. The van der Waals surface area contributed by atoms with Crippen LogP contribution in [0.5, 0.6) is 6.01 Å². The molecular formula is C29H24Cl2N6O3. The van der Waals surface area contributed by atoms with Gasteiger partial charge in [-0.3, -0.25) is 9.59 Å². The number of nitrogens with one attached hydrogen (secondary N) is 1. The molecule has 0 radical (unpaired) electrons. The summed E-state index contributed by atoms with van der Waals surface area (Å²) in [6.45, 7) is 0.250. The standard InChI is InChI=1S/C29H24Cl2N6O3/c30-21-10-6-18(7-11-21)17-40-29-34-14-23(28(39)33-15-25(32)38)27(35-29)37-16-24(19-4-2-1-3-5-19)26(36-37)20-8-12-22(31)13-9-20/h1-14,24H,15-17H2,(H2,32,38)(H,33,39). The molecule has 5 rings (SSSR count). The number of anilines is 1. The zero-order chi connectivity index (χ0) is 28.1. The molecule has 2 heterocycles. The Labute approximate surface area is 240 Å². The molecule has 3 aromatic carbocycles. The Balaban J connectivity index is 1.52. The van der Waals surface area contributed by atoms with Gasteiger partial charge in [-0.25, -0.2) is 9.99 Å². The van der Waals surface area contributed by atoms with Crippen molar-refractivity contribution in [2.45, 2.75) is 12.5 Å². The summed E-state index contributed by atoms with van der Waals surface area (Å²) < 4.78 is 5.84. The lowest BCUT2D eigenvalue weighted by molar-refractivity contribution is -0.117. The molecular weight excluding hydrogens is 551 g/mol. The van der Waals surface area contributed by atoms with Crippen molar-refractivity contribution >= 4 is 46.5 Å². The maximum absolute atomic E-state index is 13.0. The second-order valence-corrected chi connectivity index (χ2v) is 9.86. The zero-order valence-corrected chi connectivity index (χ0v) is 22.6. The highest BCUT2D eigenvalue weighted by atomic mass is 35.5. The Kier molecular flexibility index (Phi) is 8.23. The van der Waals surface area contributed by atoms with E-state index >= 15 is 0 Å². The van der Waals surface area contributed by atoms with Crippen LogP contribution in [0.2, 0.25) is 10.0 Å². The number of amides is 2. The van der Waals surface area contributed by atoms with Crippen LogP contribution in [0.15, 0.2) is 90.2 Å². The number of hydrogen-bond donors (Lipinski definition) is 2. The topological polar surface area (TPSA) is 123 Å². The van der Waals surface area contributed by atoms with Gasteiger partial charge in [0.1, 0.15) is 12.2 Å². The number of halogens is 2. The lowest BCUT2D eigenvalue weighted by Crippen LogP contribution is -2.34. The first kappa shape index (κ1) is 27.1. The molecule has 0 spiro atoms. The number of hydrazone groups is 1. The average molecular weight is 575 g/mol. The van der Waals surface area contributed by atoms with Crippen LogP contribution in [0.3, 0.4) is 0 Å². The molecule has 0 saturated carbocycles. The minimum absolute atomic E-state index is 0.0582. The van der Waals surface area contributed by atoms with Gasteiger partial charge in [0, 0.05) is 22.2 Å². The summed E-state index contributed by atoms with van der Waals surface area (Å²) in [7, 11) is 0. The summed E-state index contributed by atoms with van der Waals surface area (Å²) in [6, 6.07) is 24.6. The van der Waals surface area contributed by atoms with Crippen LogP contribution in [-0.4, -0.2) is 40.6 Å². The smallest absolute Gasteiger partial charge is 0.318 e. The number of benzene rings is 3. The van der Waals surface area contributed by atoms with E-state index in [-0.39, 0.29) is 36.5 Å². The van der Waals surface area contributed by atoms with E-state index in [9.17, 15) is 9.59 Å². The van der Waals surface area contributed by atoms with Crippen molar-refractivity contribution in [1.29, 1.82) is 0 Å². The number of carbonyl (C=O) groups is 2. The minimum Gasteiger partial charge on any atom is -0.459 e. The van der Waals surface area contributed by atoms with Crippen molar-refractivity contribution in [3.8, 4) is 6.01 Å². The van der Waals surface area contributed by atoms with Gasteiger partial charge in [0.15, 0.2) is 5.82 Å². The first-order valence-corrected chi connectivity index (χ1v) is 13.1. The van der Waals surface area contributed by atoms with Crippen molar-refractivity contribution in [3.05, 3.63) is 117 Å². The van der Waals surface area contributed by atoms with Gasteiger partial charge in [0.2, 0.25) is 5.91 Å². The molecule has 202 valence electrons. The molecule has 0 fully saturated rings. The summed E-state index contributed by atoms with van der Waals surface area (Å²) in [5.41, 5.74) is 8.93. The number of nitrogens with zero attached hydrogens (tertiary/aromatic N) is 4. The third kappa shape index (κ3) is 6.39. The summed E-state index contributed by atoms with van der Waals surface area (Å²) in [5, 5.41) is 10.3. The monoisotopic (exact) mass is 574 g/mol. The fraction of sp³-hybridized carbons (Fsp3) is 0.138. The molecule has 1 aromatic heterocycles. The third-order valence-electron chi connectivity index (χ3n) is 6.20. The van der Waals surface area contributed by atoms with Crippen molar-refractivity contribution in [2.75, 3.05) is 18.1 Å². The quantitative estimate of drug-likeness (QED) is 0.301. The average Bonchev–Trinajstić information content (AvgIpc) is 3.42. The van der Waals surface area contributed by atoms with Gasteiger partial charge in [-0.05, 0) is 41.0 Å². The number of rotatable bonds is 9. The van der Waals surface area contributed by atoms with Crippen LogP contribution in [0.25, 0.3) is 0 Å². The minimum atomic E-state index is -0.674. The lowest BCUT2D eigenvalue weighted by Gasteiger charge is -2.19. The number of aromatic nitrogens is 2. The van der Waals surface area contributed by atoms with Gasteiger partial charge in [-0.2, -0.15) is 10.1 Å². The molecule has 11 heteroatoms. The summed E-state index contributed by atoms with van der Waals surface area (Å²) in [6.07, 6.45) is 1.35. The number of ether oxygens (including phenoxy) is 1. The fourth-order valence-corrected chi connectivity index (χ4v) is 4.49. The molecule has 40 heavy (non-hydrogen) atoms. The van der Waals surface area contributed by atoms with E-state index in [1.165, 1.54) is 6.20 Å². The molecule has 1 aliphatic heterocycles. The van der Waals surface area contributed by atoms with Crippen LogP contribution >= 0.6 is 23.2 Å². The van der Waals surface area contributed by atoms with Crippen molar-refractivity contribution in [1.82, 2.24) is 15.3 Å². The van der Waals surface area contributed by atoms with Gasteiger partial charge in [0.25, 0.3) is 5.91 Å². The maximum atomic E-state index is 13.0. The van der Waals surface area contributed by atoms with E-state index in [1.54, 1.807) is 29.3 Å². The summed E-state index contributed by atoms with van der Waals surface area (Å²) in [4.78, 5) is 33.1. The van der Waals surface area contributed by atoms with E-state index < -0.39 is 11.8 Å². The molecule has 3 N–H and O–H groups in total. The first-order valence-electron chi connectivity index (χ1n) is 12.3. The maximum Gasteiger partial charge on any atom is 0.318 e. The Bertz CT molecular complexity index is 1550. The molecule has 0 aliphatic carbocycles. The highest BCUT2D eigenvalue weighted by Crippen LogP contribution is 2.33. The van der Waals surface area contributed by atoms with E-state index in [2.05, 4.69) is 15.3 Å². The van der Waals surface area contributed by atoms with Crippen molar-refractivity contribution < 1.29 is 14.3 Å². The fourth-order valence-electron chi connectivity index (χ4n) is 4.24. The zero-order valence-electron chi connectivity index (χ0n) is 21.1. The summed E-state index contributed by atoms with van der Waals surface area (Å²) in [5.74, 6) is -1.14. The third-order valence-corrected chi connectivity index (χ3v) is 6.70. The lowest BCUT2D eigenvalue weighted by atomic mass is 9.91. The van der Waals surface area contributed by atoms with Gasteiger partial charge in [-0.1, -0.05) is 77.8 Å². The van der Waals surface area contributed by atoms with E-state index in [1.807, 2.05) is 54.6 Å². The largest absolute Gasteiger partial charge is 0.459 e. The molecule has 4 aromatic rings. The van der Waals surface area contributed by atoms with Crippen molar-refractivity contribution in [2.24, 2.45) is 10.8 Å². The highest BCUT2D eigenvalue weighted by molar-refractivity contribution is 6.31. The summed E-state index contributed by atoms with van der Waals surface area (Å²) >= 11 is 12.1. The number of primary amides is 1. The Morgan fingerprint density at radius 3 is 2.33 bits per heavy atom. The molecule has 1 unspecified atom stereocenters. The van der Waals surface area contributed by atoms with Gasteiger partial charge >= 0.3 is 6.01 Å². The Morgan fingerprint density at radius 2 is 1.65 bits per heavy atom. The molecule has 1 aliphatic rings. The Hall–Kier alpha value is -4.47. The highest BCUT2D eigenvalue weighted by Gasteiger charge is 2.33. The normalized spacial score (nSPS) is 14.5. The van der Waals surface area contributed by atoms with Crippen LogP contribution in [0.1, 0.15) is 33.0 Å². The van der Waals surface area contributed by atoms with Crippen LogP contribution in [0.4, 0.5) is 5.82 Å². The van der Waals surface area contributed by atoms with Gasteiger partial charge < -0.3 is 15.8 Å². The first-order chi connectivity index (χ1) is 19.4. The second kappa shape index (κ2) is 12.1. The van der Waals surface area contributed by atoms with Crippen LogP contribution in [-0.2, 0) is 11.4 Å². The molecule has 2 amide bonds. The second-order valence-electron chi connectivity index (χ2n) is 8.99. The van der Waals surface area contributed by atoms with Crippen LogP contribution in [0, 0.1) is 0 Å². The number of carbonyl (C=O) groups excluding carboxylic acids is 2. The van der Waals surface area contributed by atoms with E-state index in [0.29, 0.717) is 16.6 Å². The predicted molar refractivity (Wildman–Crippen MR) is 154 cm³/mol. The van der Waals surface area contributed by atoms with E-state index in [0.717, 1.165) is 22.4 Å². The molecule has 0 bridgehead atoms. The molecule has 9 nitrogen and oxygen atoms in total. The van der Waals surface area contributed by atoms with Crippen LogP contribution < -0.4 is 20.8 Å². The number of nitrogens with two attached hydrogens (primary N) is 1. The van der Waals surface area contributed by atoms with E-state index in [4.69, 9.17) is 38.8 Å². The Morgan fingerprint density at radius 1 is 0.975 bits per heavy atom. The van der Waals surface area contributed by atoms with Gasteiger partial charge in [0.05, 0.1) is 18.8 Å².